The number of carbonyl (C=O) groups is 1. The molecular formula is C22H19F2NO2. The molecular weight excluding hydrogens is 348 g/mol. The van der Waals surface area contributed by atoms with E-state index in [4.69, 9.17) is 0 Å². The first-order valence-corrected chi connectivity index (χ1v) is 8.57. The summed E-state index contributed by atoms with van der Waals surface area (Å²) in [5.74, 6) is -1.06. The van der Waals surface area contributed by atoms with Crippen LogP contribution in [0.1, 0.15) is 22.7 Å². The second-order valence-corrected chi connectivity index (χ2v) is 6.31. The highest BCUT2D eigenvalue weighted by atomic mass is 19.1. The maximum atomic E-state index is 13.7. The molecule has 138 valence electrons. The Morgan fingerprint density at radius 2 is 1.63 bits per heavy atom. The van der Waals surface area contributed by atoms with Gasteiger partial charge in [0, 0.05) is 5.56 Å². The van der Waals surface area contributed by atoms with Crippen molar-refractivity contribution in [1.29, 1.82) is 0 Å². The molecule has 0 bridgehead atoms. The molecule has 3 rings (SSSR count). The molecule has 0 heterocycles. The molecule has 3 aromatic carbocycles. The topological polar surface area (TPSA) is 49.3 Å². The first kappa shape index (κ1) is 18.6. The number of benzene rings is 3. The summed E-state index contributed by atoms with van der Waals surface area (Å²) < 4.78 is 27.2. The molecule has 0 radical (unpaired) electrons. The van der Waals surface area contributed by atoms with E-state index in [0.29, 0.717) is 23.1 Å². The number of halogens is 2. The van der Waals surface area contributed by atoms with Crippen molar-refractivity contribution in [2.24, 2.45) is 0 Å². The van der Waals surface area contributed by atoms with Gasteiger partial charge in [-0.15, -0.1) is 0 Å². The normalized spacial score (nSPS) is 11.8. The minimum atomic E-state index is -0.527. The fraction of sp³-hybridized carbons (Fsp3) is 0.136. The first-order valence-electron chi connectivity index (χ1n) is 8.57. The third kappa shape index (κ3) is 5.14. The number of para-hydroxylation sites is 1. The highest BCUT2D eigenvalue weighted by Crippen LogP contribution is 2.21. The number of phenolic OH excluding ortho intramolecular Hbond substituents is 1. The van der Waals surface area contributed by atoms with Gasteiger partial charge in [-0.25, -0.2) is 8.78 Å². The van der Waals surface area contributed by atoms with Gasteiger partial charge in [-0.1, -0.05) is 42.5 Å². The molecule has 0 aromatic heterocycles. The Bertz CT molecular complexity index is 943. The van der Waals surface area contributed by atoms with E-state index < -0.39 is 11.9 Å². The minimum absolute atomic E-state index is 0.0123. The van der Waals surface area contributed by atoms with Crippen molar-refractivity contribution in [2.45, 2.75) is 18.9 Å². The summed E-state index contributed by atoms with van der Waals surface area (Å²) in [6.07, 6.45) is 0.301. The van der Waals surface area contributed by atoms with E-state index in [9.17, 15) is 18.7 Å². The number of rotatable bonds is 6. The van der Waals surface area contributed by atoms with E-state index in [1.54, 1.807) is 42.5 Å². The van der Waals surface area contributed by atoms with Gasteiger partial charge in [0.2, 0.25) is 5.91 Å². The fourth-order valence-electron chi connectivity index (χ4n) is 2.95. The van der Waals surface area contributed by atoms with Crippen LogP contribution in [-0.2, 0) is 17.6 Å². The predicted molar refractivity (Wildman–Crippen MR) is 99.2 cm³/mol. The molecule has 2 N–H and O–H groups in total. The molecule has 1 atom stereocenters. The van der Waals surface area contributed by atoms with Gasteiger partial charge in [-0.3, -0.25) is 4.79 Å². The zero-order valence-corrected chi connectivity index (χ0v) is 14.5. The molecule has 5 heteroatoms. The number of hydrogen-bond donors (Lipinski definition) is 2. The van der Waals surface area contributed by atoms with Crippen LogP contribution in [0.25, 0.3) is 0 Å². The van der Waals surface area contributed by atoms with Crippen LogP contribution in [0.2, 0.25) is 0 Å². The Hall–Kier alpha value is -3.21. The second-order valence-electron chi connectivity index (χ2n) is 6.31. The summed E-state index contributed by atoms with van der Waals surface area (Å²) in [6, 6.07) is 18.1. The summed E-state index contributed by atoms with van der Waals surface area (Å²) in [7, 11) is 0. The Balaban J connectivity index is 1.81. The molecule has 1 amide bonds. The Labute approximate surface area is 156 Å². The Morgan fingerprint density at radius 3 is 2.33 bits per heavy atom. The van der Waals surface area contributed by atoms with Gasteiger partial charge in [-0.05, 0) is 47.9 Å². The molecule has 1 unspecified atom stereocenters. The molecule has 0 aliphatic heterocycles. The predicted octanol–water partition coefficient (Wildman–Crippen LogP) is 4.31. The smallest absolute Gasteiger partial charge is 0.225 e. The number of aromatic hydroxyl groups is 1. The second kappa shape index (κ2) is 8.45. The Kier molecular flexibility index (Phi) is 5.81. The van der Waals surface area contributed by atoms with Crippen molar-refractivity contribution in [3.05, 3.63) is 101 Å². The number of carbonyl (C=O) groups excluding carboxylic acids is 1. The van der Waals surface area contributed by atoms with Gasteiger partial charge < -0.3 is 10.4 Å². The molecule has 0 aliphatic rings. The monoisotopic (exact) mass is 367 g/mol. The van der Waals surface area contributed by atoms with Crippen LogP contribution in [0.5, 0.6) is 5.75 Å². The van der Waals surface area contributed by atoms with E-state index in [2.05, 4.69) is 5.32 Å². The number of nitrogens with one attached hydrogen (secondary N) is 1. The van der Waals surface area contributed by atoms with Crippen molar-refractivity contribution in [3.8, 4) is 5.75 Å². The molecule has 27 heavy (non-hydrogen) atoms. The molecule has 0 spiro atoms. The molecule has 3 aromatic rings. The lowest BCUT2D eigenvalue weighted by Gasteiger charge is -2.20. The van der Waals surface area contributed by atoms with Gasteiger partial charge >= 0.3 is 0 Å². The van der Waals surface area contributed by atoms with Crippen molar-refractivity contribution in [2.75, 3.05) is 0 Å². The van der Waals surface area contributed by atoms with E-state index in [-0.39, 0.29) is 23.9 Å². The van der Waals surface area contributed by atoms with E-state index in [1.807, 2.05) is 0 Å². The van der Waals surface area contributed by atoms with Crippen molar-refractivity contribution < 1.29 is 18.7 Å². The van der Waals surface area contributed by atoms with E-state index >= 15 is 0 Å². The third-order valence-electron chi connectivity index (χ3n) is 4.26. The maximum Gasteiger partial charge on any atom is 0.225 e. The van der Waals surface area contributed by atoms with Gasteiger partial charge in [0.1, 0.15) is 17.4 Å². The Morgan fingerprint density at radius 1 is 0.926 bits per heavy atom. The maximum absolute atomic E-state index is 13.7. The SMILES string of the molecule is O=C(Cc1ccccc1O)NC(Cc1cccc(F)c1)c1cccc(F)c1. The fourth-order valence-corrected chi connectivity index (χ4v) is 2.95. The van der Waals surface area contributed by atoms with Crippen molar-refractivity contribution >= 4 is 5.91 Å². The lowest BCUT2D eigenvalue weighted by Crippen LogP contribution is -2.31. The van der Waals surface area contributed by atoms with Crippen LogP contribution in [-0.4, -0.2) is 11.0 Å². The van der Waals surface area contributed by atoms with Crippen molar-refractivity contribution in [1.82, 2.24) is 5.32 Å². The van der Waals surface area contributed by atoms with Crippen LogP contribution in [0.3, 0.4) is 0 Å². The zero-order valence-electron chi connectivity index (χ0n) is 14.5. The number of phenols is 1. The quantitative estimate of drug-likeness (QED) is 0.682. The van der Waals surface area contributed by atoms with Crippen LogP contribution in [0, 0.1) is 11.6 Å². The molecule has 0 saturated heterocycles. The summed E-state index contributed by atoms with van der Waals surface area (Å²) >= 11 is 0. The van der Waals surface area contributed by atoms with Crippen LogP contribution < -0.4 is 5.32 Å². The first-order chi connectivity index (χ1) is 13.0. The van der Waals surface area contributed by atoms with Crippen LogP contribution >= 0.6 is 0 Å². The summed E-state index contributed by atoms with van der Waals surface area (Å²) in [5.41, 5.74) is 1.77. The summed E-state index contributed by atoms with van der Waals surface area (Å²) in [6.45, 7) is 0. The standard InChI is InChI=1S/C22H19F2NO2/c23-18-8-3-5-15(11-18)12-20(16-7-4-9-19(24)13-16)25-22(27)14-17-6-1-2-10-21(17)26/h1-11,13,20,26H,12,14H2,(H,25,27). The molecule has 0 fully saturated rings. The van der Waals surface area contributed by atoms with Crippen LogP contribution in [0.4, 0.5) is 8.78 Å². The highest BCUT2D eigenvalue weighted by molar-refractivity contribution is 5.79. The van der Waals surface area contributed by atoms with Gasteiger partial charge in [-0.2, -0.15) is 0 Å². The number of amides is 1. The minimum Gasteiger partial charge on any atom is -0.508 e. The lowest BCUT2D eigenvalue weighted by molar-refractivity contribution is -0.121. The largest absolute Gasteiger partial charge is 0.508 e. The van der Waals surface area contributed by atoms with Gasteiger partial charge in [0.25, 0.3) is 0 Å². The average Bonchev–Trinajstić information content (AvgIpc) is 2.63. The average molecular weight is 367 g/mol. The van der Waals surface area contributed by atoms with E-state index in [1.165, 1.54) is 30.3 Å². The lowest BCUT2D eigenvalue weighted by atomic mass is 9.98. The molecule has 0 aliphatic carbocycles. The zero-order chi connectivity index (χ0) is 19.2. The van der Waals surface area contributed by atoms with Gasteiger partial charge in [0.15, 0.2) is 0 Å². The summed E-state index contributed by atoms with van der Waals surface area (Å²) in [5, 5.41) is 12.7. The van der Waals surface area contributed by atoms with Crippen LogP contribution in [0.15, 0.2) is 72.8 Å². The van der Waals surface area contributed by atoms with Gasteiger partial charge in [0.05, 0.1) is 12.5 Å². The third-order valence-corrected chi connectivity index (χ3v) is 4.26. The van der Waals surface area contributed by atoms with E-state index in [0.717, 1.165) is 0 Å². The molecule has 3 nitrogen and oxygen atoms in total. The highest BCUT2D eigenvalue weighted by Gasteiger charge is 2.17. The summed E-state index contributed by atoms with van der Waals surface area (Å²) in [4.78, 5) is 12.5. The number of hydrogen-bond acceptors (Lipinski definition) is 2. The molecule has 0 saturated carbocycles. The van der Waals surface area contributed by atoms with Crippen molar-refractivity contribution in [3.63, 3.8) is 0 Å².